The molecule has 212 valence electrons. The Morgan fingerprint density at radius 3 is 1.77 bits per heavy atom. The molecule has 7 aromatic rings. The van der Waals surface area contributed by atoms with Crippen molar-refractivity contribution in [3.05, 3.63) is 126 Å². The van der Waals surface area contributed by atoms with Crippen molar-refractivity contribution >= 4 is 21.8 Å². The topological polar surface area (TPSA) is 53.8 Å². The number of phenolic OH excluding ortho intramolecular Hbond substituents is 1. The molecule has 0 fully saturated rings. The first-order valence-corrected chi connectivity index (χ1v) is 14.8. The lowest BCUT2D eigenvalue weighted by atomic mass is 9.85. The molecule has 4 heteroatoms. The summed E-state index contributed by atoms with van der Waals surface area (Å²) in [6.45, 7) is 10.8. The zero-order valence-corrected chi connectivity index (χ0v) is 25.2. The maximum absolute atomic E-state index is 12.2. The van der Waals surface area contributed by atoms with Crippen molar-refractivity contribution in [2.24, 2.45) is 0 Å². The highest BCUT2D eigenvalue weighted by molar-refractivity contribution is 6.09. The predicted octanol–water partition coefficient (Wildman–Crippen LogP) is 10.1. The highest BCUT2D eigenvalue weighted by atomic mass is 16.3. The van der Waals surface area contributed by atoms with Crippen LogP contribution in [0.1, 0.15) is 37.5 Å². The number of fused-ring (bicyclic) bond motifs is 3. The van der Waals surface area contributed by atoms with Crippen LogP contribution in [-0.4, -0.2) is 19.6 Å². The van der Waals surface area contributed by atoms with Crippen molar-refractivity contribution < 1.29 is 5.11 Å². The number of hydrogen-bond donors (Lipinski definition) is 2. The first-order valence-electron chi connectivity index (χ1n) is 14.8. The van der Waals surface area contributed by atoms with Crippen LogP contribution in [0.2, 0.25) is 0 Å². The van der Waals surface area contributed by atoms with E-state index in [0.29, 0.717) is 11.4 Å². The van der Waals surface area contributed by atoms with Gasteiger partial charge in [-0.1, -0.05) is 117 Å². The lowest BCUT2D eigenvalue weighted by Crippen LogP contribution is -2.12. The minimum atomic E-state index is -0.165. The fourth-order valence-electron chi connectivity index (χ4n) is 5.94. The summed E-state index contributed by atoms with van der Waals surface area (Å²) in [6, 6.07) is 37.9. The summed E-state index contributed by atoms with van der Waals surface area (Å²) in [5.74, 6) is 0.830. The van der Waals surface area contributed by atoms with Gasteiger partial charge in [0.15, 0.2) is 5.75 Å². The average Bonchev–Trinajstić information content (AvgIpc) is 3.58. The molecule has 0 amide bonds. The first kappa shape index (κ1) is 26.8. The van der Waals surface area contributed by atoms with Crippen LogP contribution in [0.5, 0.6) is 5.75 Å². The third-order valence-electron chi connectivity index (χ3n) is 8.40. The van der Waals surface area contributed by atoms with Gasteiger partial charge in [0.1, 0.15) is 5.82 Å². The van der Waals surface area contributed by atoms with E-state index in [4.69, 9.17) is 4.98 Å². The van der Waals surface area contributed by atoms with Gasteiger partial charge in [-0.15, -0.1) is 0 Å². The fraction of sp³-hybridized carbons (Fsp3) is 0.154. The van der Waals surface area contributed by atoms with Crippen LogP contribution in [0.4, 0.5) is 0 Å². The van der Waals surface area contributed by atoms with Gasteiger partial charge in [-0.05, 0) is 49.1 Å². The number of aryl methyl sites for hydroxylation is 2. The number of nitrogens with one attached hydrogen (secondary N) is 1. The van der Waals surface area contributed by atoms with Crippen molar-refractivity contribution in [2.45, 2.75) is 40.0 Å². The molecule has 0 aliphatic carbocycles. The van der Waals surface area contributed by atoms with Gasteiger partial charge >= 0.3 is 0 Å². The molecule has 5 aromatic carbocycles. The summed E-state index contributed by atoms with van der Waals surface area (Å²) in [4.78, 5) is 8.82. The normalized spacial score (nSPS) is 11.9. The molecular weight excluding hydrogens is 526 g/mol. The quantitative estimate of drug-likeness (QED) is 0.225. The van der Waals surface area contributed by atoms with Crippen LogP contribution < -0.4 is 0 Å². The van der Waals surface area contributed by atoms with Crippen LogP contribution in [0.15, 0.2) is 109 Å². The highest BCUT2D eigenvalue weighted by Crippen LogP contribution is 2.43. The van der Waals surface area contributed by atoms with Crippen molar-refractivity contribution in [3.63, 3.8) is 0 Å². The third-order valence-corrected chi connectivity index (χ3v) is 8.40. The van der Waals surface area contributed by atoms with Crippen molar-refractivity contribution in [1.29, 1.82) is 0 Å². The Hall–Kier alpha value is -5.09. The molecule has 2 heterocycles. The largest absolute Gasteiger partial charge is 0.505 e. The fourth-order valence-corrected chi connectivity index (χ4v) is 5.94. The predicted molar refractivity (Wildman–Crippen MR) is 179 cm³/mol. The summed E-state index contributed by atoms with van der Waals surface area (Å²) < 4.78 is 2.18. The number of imidazole rings is 1. The van der Waals surface area contributed by atoms with Gasteiger partial charge in [0.05, 0.1) is 33.7 Å². The van der Waals surface area contributed by atoms with Crippen molar-refractivity contribution in [3.8, 4) is 45.3 Å². The monoisotopic (exact) mass is 561 g/mol. The molecule has 43 heavy (non-hydrogen) atoms. The van der Waals surface area contributed by atoms with Gasteiger partial charge in [-0.2, -0.15) is 0 Å². The zero-order valence-electron chi connectivity index (χ0n) is 25.2. The van der Waals surface area contributed by atoms with E-state index in [0.717, 1.165) is 55.6 Å². The van der Waals surface area contributed by atoms with Gasteiger partial charge in [0.2, 0.25) is 0 Å². The Balaban J connectivity index is 1.52. The Morgan fingerprint density at radius 1 is 0.674 bits per heavy atom. The minimum absolute atomic E-state index is 0.165. The van der Waals surface area contributed by atoms with Crippen LogP contribution in [0, 0.1) is 13.8 Å². The zero-order chi connectivity index (χ0) is 29.9. The molecule has 0 bridgehead atoms. The number of benzene rings is 5. The van der Waals surface area contributed by atoms with E-state index in [1.54, 1.807) is 0 Å². The van der Waals surface area contributed by atoms with Crippen molar-refractivity contribution in [1.82, 2.24) is 14.5 Å². The smallest absolute Gasteiger partial charge is 0.150 e. The summed E-state index contributed by atoms with van der Waals surface area (Å²) in [5, 5.41) is 14.5. The average molecular weight is 562 g/mol. The molecule has 0 spiro atoms. The molecule has 0 radical (unpaired) electrons. The molecule has 4 nitrogen and oxygen atoms in total. The number of aromatic hydroxyl groups is 1. The van der Waals surface area contributed by atoms with E-state index in [1.165, 1.54) is 11.1 Å². The number of rotatable bonds is 4. The molecule has 2 N–H and O–H groups in total. The molecule has 0 saturated heterocycles. The molecule has 0 unspecified atom stereocenters. The summed E-state index contributed by atoms with van der Waals surface area (Å²) in [5.41, 5.74) is 10.7. The molecule has 0 atom stereocenters. The van der Waals surface area contributed by atoms with Crippen LogP contribution in [-0.2, 0) is 5.41 Å². The van der Waals surface area contributed by atoms with Gasteiger partial charge in [0, 0.05) is 21.9 Å². The number of hydrogen-bond acceptors (Lipinski definition) is 2. The van der Waals surface area contributed by atoms with Gasteiger partial charge in [0.25, 0.3) is 0 Å². The number of H-pyrrole nitrogens is 1. The van der Waals surface area contributed by atoms with E-state index in [2.05, 4.69) is 153 Å². The summed E-state index contributed by atoms with van der Waals surface area (Å²) in [7, 11) is 0. The van der Waals surface area contributed by atoms with Gasteiger partial charge < -0.3 is 14.7 Å². The Bertz CT molecular complexity index is 2010. The van der Waals surface area contributed by atoms with Crippen molar-refractivity contribution in [2.75, 3.05) is 0 Å². The second kappa shape index (κ2) is 10.0. The number of phenols is 1. The third kappa shape index (κ3) is 4.60. The Kier molecular flexibility index (Phi) is 6.24. The number of nitrogens with zero attached hydrogens (tertiary/aromatic N) is 2. The highest BCUT2D eigenvalue weighted by Gasteiger charge is 2.25. The number of para-hydroxylation sites is 2. The van der Waals surface area contributed by atoms with Crippen LogP contribution in [0.3, 0.4) is 0 Å². The second-order valence-corrected chi connectivity index (χ2v) is 12.6. The lowest BCUT2D eigenvalue weighted by Gasteiger charge is -2.23. The Morgan fingerprint density at radius 2 is 1.21 bits per heavy atom. The van der Waals surface area contributed by atoms with E-state index < -0.39 is 0 Å². The molecule has 7 rings (SSSR count). The standard InChI is InChI=1S/C39H35N3O/c1-24-14-18-26(19-15-24)35-36(27-20-16-25(2)17-21-27)41-38(40-35)31-22-28(39(3,4)5)23-34(37(31)43)42-32-12-8-6-10-29(32)30-11-7-9-13-33(30)42/h6-23,43H,1-5H3,(H,40,41). The van der Waals surface area contributed by atoms with E-state index in [1.807, 2.05) is 0 Å². The minimum Gasteiger partial charge on any atom is -0.505 e. The lowest BCUT2D eigenvalue weighted by molar-refractivity contribution is 0.473. The second-order valence-electron chi connectivity index (χ2n) is 12.6. The molecular formula is C39H35N3O. The SMILES string of the molecule is Cc1ccc(-c2nc(-c3cc(C(C)(C)C)cc(-n4c5ccccc5c5ccccc54)c3O)[nH]c2-c2ccc(C)cc2)cc1. The molecule has 2 aromatic heterocycles. The first-order chi connectivity index (χ1) is 20.7. The van der Waals surface area contributed by atoms with E-state index in [-0.39, 0.29) is 11.2 Å². The Labute approximate surface area is 252 Å². The molecule has 0 saturated carbocycles. The maximum Gasteiger partial charge on any atom is 0.150 e. The van der Waals surface area contributed by atoms with E-state index in [9.17, 15) is 5.11 Å². The molecule has 0 aliphatic heterocycles. The number of aromatic nitrogens is 3. The van der Waals surface area contributed by atoms with Crippen LogP contribution >= 0.6 is 0 Å². The van der Waals surface area contributed by atoms with Crippen LogP contribution in [0.25, 0.3) is 61.4 Å². The number of aromatic amines is 1. The van der Waals surface area contributed by atoms with E-state index >= 15 is 0 Å². The maximum atomic E-state index is 12.2. The summed E-state index contributed by atoms with van der Waals surface area (Å²) >= 11 is 0. The molecule has 0 aliphatic rings. The summed E-state index contributed by atoms with van der Waals surface area (Å²) in [6.07, 6.45) is 0. The van der Waals surface area contributed by atoms with Gasteiger partial charge in [-0.3, -0.25) is 0 Å². The van der Waals surface area contributed by atoms with Gasteiger partial charge in [-0.25, -0.2) is 4.98 Å².